The van der Waals surface area contributed by atoms with Gasteiger partial charge in [0.2, 0.25) is 5.88 Å². The molecule has 2 heterocycles. The number of pyridine rings is 1. The fourth-order valence-electron chi connectivity index (χ4n) is 3.69. The summed E-state index contributed by atoms with van der Waals surface area (Å²) in [5, 5.41) is 9.20. The molecule has 3 aromatic rings. The Hall–Kier alpha value is -3.65. The van der Waals surface area contributed by atoms with Gasteiger partial charge < -0.3 is 14.7 Å². The molecule has 9 heteroatoms. The van der Waals surface area contributed by atoms with Crippen molar-refractivity contribution in [3.63, 3.8) is 0 Å². The highest BCUT2D eigenvalue weighted by atomic mass is 35.5. The van der Waals surface area contributed by atoms with E-state index in [0.29, 0.717) is 33.2 Å². The number of carbonyl (C=O) groups excluding carboxylic acids is 1. The molecule has 0 aliphatic carbocycles. The number of anilines is 3. The number of hydrogen-bond acceptors (Lipinski definition) is 5. The van der Waals surface area contributed by atoms with Gasteiger partial charge in [-0.1, -0.05) is 11.6 Å². The molecule has 0 atom stereocenters. The van der Waals surface area contributed by atoms with Crippen LogP contribution in [0.3, 0.4) is 0 Å². The van der Waals surface area contributed by atoms with Crippen molar-refractivity contribution in [3.8, 4) is 5.88 Å². The zero-order chi connectivity index (χ0) is 23.0. The van der Waals surface area contributed by atoms with Crippen LogP contribution in [-0.4, -0.2) is 35.2 Å². The molecule has 0 radical (unpaired) electrons. The highest BCUT2D eigenvalue weighted by Gasteiger charge is 2.33. The first-order chi connectivity index (χ1) is 15.2. The van der Waals surface area contributed by atoms with Crippen LogP contribution in [0, 0.1) is 19.7 Å². The third kappa shape index (κ3) is 4.09. The van der Waals surface area contributed by atoms with E-state index in [0.717, 1.165) is 5.69 Å². The van der Waals surface area contributed by atoms with Crippen molar-refractivity contribution in [3.05, 3.63) is 76.2 Å². The number of carboxylic acid groups (broad SMARTS) is 1. The molecule has 1 aromatic heterocycles. The zero-order valence-corrected chi connectivity index (χ0v) is 18.1. The number of ether oxygens (including phenoxy) is 1. The lowest BCUT2D eigenvalue weighted by Crippen LogP contribution is -2.45. The van der Waals surface area contributed by atoms with Gasteiger partial charge in [0.05, 0.1) is 22.6 Å². The maximum atomic E-state index is 13.7. The molecular formula is C23H19ClFN3O4. The van der Waals surface area contributed by atoms with Gasteiger partial charge in [-0.2, -0.15) is 0 Å². The fraction of sp³-hybridized carbons (Fsp3) is 0.174. The first-order valence-electron chi connectivity index (χ1n) is 9.72. The molecule has 7 nitrogen and oxygen atoms in total. The second kappa shape index (κ2) is 8.47. The molecule has 0 saturated carbocycles. The van der Waals surface area contributed by atoms with Crippen molar-refractivity contribution >= 4 is 40.5 Å². The number of aliphatic carboxylic acids is 1. The topological polar surface area (TPSA) is 83.0 Å². The highest BCUT2D eigenvalue weighted by Crippen LogP contribution is 2.39. The van der Waals surface area contributed by atoms with Gasteiger partial charge in [-0.25, -0.2) is 14.2 Å². The number of amides is 1. The Balaban J connectivity index is 1.77. The number of aromatic nitrogens is 1. The molecule has 0 spiro atoms. The van der Waals surface area contributed by atoms with Crippen LogP contribution in [0.5, 0.6) is 5.88 Å². The van der Waals surface area contributed by atoms with Crippen LogP contribution >= 0.6 is 11.6 Å². The summed E-state index contributed by atoms with van der Waals surface area (Å²) in [5.41, 5.74) is 3.55. The monoisotopic (exact) mass is 455 g/mol. The maximum Gasteiger partial charge on any atom is 0.341 e. The summed E-state index contributed by atoms with van der Waals surface area (Å²) in [6, 6.07) is 12.7. The van der Waals surface area contributed by atoms with Crippen molar-refractivity contribution in [2.24, 2.45) is 0 Å². The summed E-state index contributed by atoms with van der Waals surface area (Å²) in [4.78, 5) is 31.9. The van der Waals surface area contributed by atoms with Gasteiger partial charge in [0.1, 0.15) is 12.5 Å². The minimum atomic E-state index is -1.11. The minimum absolute atomic E-state index is 0.146. The van der Waals surface area contributed by atoms with Crippen LogP contribution in [-0.2, 0) is 4.79 Å². The lowest BCUT2D eigenvalue weighted by molar-refractivity contribution is -0.139. The van der Waals surface area contributed by atoms with Gasteiger partial charge in [0, 0.05) is 16.8 Å². The van der Waals surface area contributed by atoms with E-state index in [1.54, 1.807) is 49.1 Å². The van der Waals surface area contributed by atoms with Crippen molar-refractivity contribution in [1.29, 1.82) is 0 Å². The largest absolute Gasteiger partial charge is 0.479 e. The molecule has 1 aliphatic rings. The van der Waals surface area contributed by atoms with Crippen molar-refractivity contribution < 1.29 is 23.8 Å². The summed E-state index contributed by atoms with van der Waals surface area (Å²) < 4.78 is 18.8. The molecular weight excluding hydrogens is 437 g/mol. The second-order valence-electron chi connectivity index (χ2n) is 7.33. The quantitative estimate of drug-likeness (QED) is 0.600. The molecule has 1 amide bonds. The van der Waals surface area contributed by atoms with E-state index in [2.05, 4.69) is 4.98 Å². The van der Waals surface area contributed by atoms with Crippen molar-refractivity contribution in [2.75, 3.05) is 23.1 Å². The van der Waals surface area contributed by atoms with E-state index >= 15 is 0 Å². The van der Waals surface area contributed by atoms with Crippen LogP contribution in [0.25, 0.3) is 0 Å². The second-order valence-corrected chi connectivity index (χ2v) is 7.77. The highest BCUT2D eigenvalue weighted by molar-refractivity contribution is 6.31. The number of fused-ring (bicyclic) bond motifs is 1. The van der Waals surface area contributed by atoms with Crippen LogP contribution < -0.4 is 14.5 Å². The first kappa shape index (κ1) is 21.6. The average Bonchev–Trinajstić information content (AvgIpc) is 2.74. The van der Waals surface area contributed by atoms with Gasteiger partial charge >= 0.3 is 5.97 Å². The van der Waals surface area contributed by atoms with Crippen LogP contribution in [0.1, 0.15) is 21.6 Å². The Kier molecular flexibility index (Phi) is 5.71. The van der Waals surface area contributed by atoms with Crippen molar-refractivity contribution in [1.82, 2.24) is 4.98 Å². The van der Waals surface area contributed by atoms with Crippen LogP contribution in [0.2, 0.25) is 5.02 Å². The maximum absolute atomic E-state index is 13.7. The SMILES string of the molecule is Cc1cc(F)ccc1N1CN(c2ccc(OCC(=O)O)nc2C)C(=O)c2cc(Cl)ccc21. The lowest BCUT2D eigenvalue weighted by Gasteiger charge is -2.39. The third-order valence-corrected chi connectivity index (χ3v) is 5.36. The van der Waals surface area contributed by atoms with Crippen molar-refractivity contribution in [2.45, 2.75) is 13.8 Å². The normalized spacial score (nSPS) is 13.2. The number of nitrogens with zero attached hydrogens (tertiary/aromatic N) is 3. The van der Waals surface area contributed by atoms with E-state index in [-0.39, 0.29) is 24.3 Å². The molecule has 0 saturated heterocycles. The first-order valence-corrected chi connectivity index (χ1v) is 10.1. The predicted octanol–water partition coefficient (Wildman–Crippen LogP) is 4.71. The van der Waals surface area contributed by atoms with E-state index in [1.165, 1.54) is 18.2 Å². The van der Waals surface area contributed by atoms with Crippen LogP contribution in [0.15, 0.2) is 48.5 Å². The van der Waals surface area contributed by atoms with Gasteiger partial charge in [0.15, 0.2) is 6.61 Å². The van der Waals surface area contributed by atoms with Crippen LogP contribution in [0.4, 0.5) is 21.5 Å². The van der Waals surface area contributed by atoms with E-state index < -0.39 is 12.6 Å². The predicted molar refractivity (Wildman–Crippen MR) is 119 cm³/mol. The molecule has 1 aliphatic heterocycles. The molecule has 4 rings (SSSR count). The molecule has 164 valence electrons. The Morgan fingerprint density at radius 3 is 2.50 bits per heavy atom. The Morgan fingerprint density at radius 1 is 1.09 bits per heavy atom. The number of benzene rings is 2. The number of rotatable bonds is 5. The summed E-state index contributed by atoms with van der Waals surface area (Å²) >= 11 is 6.18. The van der Waals surface area contributed by atoms with Gasteiger partial charge in [-0.15, -0.1) is 0 Å². The standard InChI is InChI=1S/C23H19ClFN3O4/c1-13-9-16(25)4-6-18(13)27-12-28(23(31)17-10-15(24)3-5-20(17)27)19-7-8-21(26-14(19)2)32-11-22(29)30/h3-10H,11-12H2,1-2H3,(H,29,30). The smallest absolute Gasteiger partial charge is 0.341 e. The summed E-state index contributed by atoms with van der Waals surface area (Å²) in [5.74, 6) is -1.57. The number of hydrogen-bond donors (Lipinski definition) is 1. The fourth-order valence-corrected chi connectivity index (χ4v) is 3.86. The van der Waals surface area contributed by atoms with Gasteiger partial charge in [0.25, 0.3) is 5.91 Å². The molecule has 0 fully saturated rings. The summed E-state index contributed by atoms with van der Waals surface area (Å²) in [7, 11) is 0. The molecule has 2 aromatic carbocycles. The number of carbonyl (C=O) groups is 2. The zero-order valence-electron chi connectivity index (χ0n) is 17.3. The Morgan fingerprint density at radius 2 is 1.81 bits per heavy atom. The van der Waals surface area contributed by atoms with E-state index in [4.69, 9.17) is 21.4 Å². The Labute approximate surface area is 188 Å². The molecule has 0 bridgehead atoms. The minimum Gasteiger partial charge on any atom is -0.479 e. The number of halogens is 2. The summed E-state index contributed by atoms with van der Waals surface area (Å²) in [6.07, 6.45) is 0. The van der Waals surface area contributed by atoms with Gasteiger partial charge in [-0.05, 0) is 61.9 Å². The Bertz CT molecular complexity index is 1230. The number of carboxylic acids is 1. The molecule has 1 N–H and O–H groups in total. The molecule has 32 heavy (non-hydrogen) atoms. The summed E-state index contributed by atoms with van der Waals surface area (Å²) in [6.45, 7) is 3.16. The lowest BCUT2D eigenvalue weighted by atomic mass is 10.0. The average molecular weight is 456 g/mol. The van der Waals surface area contributed by atoms with E-state index in [1.807, 2.05) is 4.90 Å². The molecule has 0 unspecified atom stereocenters. The number of aryl methyl sites for hydroxylation is 2. The van der Waals surface area contributed by atoms with E-state index in [9.17, 15) is 14.0 Å². The van der Waals surface area contributed by atoms with Gasteiger partial charge in [-0.3, -0.25) is 9.69 Å². The third-order valence-electron chi connectivity index (χ3n) is 5.12.